The lowest BCUT2D eigenvalue weighted by atomic mass is 10.1. The highest BCUT2D eigenvalue weighted by atomic mass is 16.3. The Labute approximate surface area is 138 Å². The number of aromatic hydroxyl groups is 1. The molecule has 2 amide bonds. The van der Waals surface area contributed by atoms with Gasteiger partial charge in [-0.25, -0.2) is 0 Å². The monoisotopic (exact) mass is 324 g/mol. The average Bonchev–Trinajstić information content (AvgIpc) is 3.10. The number of hydrogen-bond acceptors (Lipinski definition) is 4. The summed E-state index contributed by atoms with van der Waals surface area (Å²) in [5.74, 6) is -0.351. The van der Waals surface area contributed by atoms with Gasteiger partial charge in [0.1, 0.15) is 11.5 Å². The number of furan rings is 1. The molecule has 0 fully saturated rings. The molecule has 3 rings (SSSR count). The highest BCUT2D eigenvalue weighted by Crippen LogP contribution is 2.24. The number of nitrogens with one attached hydrogen (secondary N) is 2. The number of amides is 2. The summed E-state index contributed by atoms with van der Waals surface area (Å²) in [5, 5.41) is 16.8. The van der Waals surface area contributed by atoms with E-state index in [9.17, 15) is 14.7 Å². The first kappa shape index (κ1) is 15.6. The first-order valence-electron chi connectivity index (χ1n) is 7.42. The Balaban J connectivity index is 1.60. The van der Waals surface area contributed by atoms with E-state index in [2.05, 4.69) is 10.6 Å². The van der Waals surface area contributed by atoms with Crippen LogP contribution in [0.5, 0.6) is 5.75 Å². The van der Waals surface area contributed by atoms with E-state index in [1.807, 2.05) is 24.3 Å². The molecular weight excluding hydrogens is 308 g/mol. The molecule has 3 aromatic rings. The first-order valence-corrected chi connectivity index (χ1v) is 7.42. The standard InChI is InChI=1S/C18H16N2O4/c21-16-9-13-5-2-1-4-12(13)8-15(16)18(23)20-11-17(22)19-10-14-6-3-7-24-14/h1-9,21H,10-11H2,(H,19,22)(H,20,23). The molecule has 1 heterocycles. The summed E-state index contributed by atoms with van der Waals surface area (Å²) in [5.41, 5.74) is 0.132. The molecule has 0 aliphatic heterocycles. The molecule has 0 aliphatic rings. The Morgan fingerprint density at radius 3 is 2.46 bits per heavy atom. The quantitative estimate of drug-likeness (QED) is 0.671. The molecule has 0 bridgehead atoms. The molecule has 0 radical (unpaired) electrons. The zero-order valence-electron chi connectivity index (χ0n) is 12.8. The lowest BCUT2D eigenvalue weighted by molar-refractivity contribution is -0.120. The molecule has 6 heteroatoms. The van der Waals surface area contributed by atoms with E-state index in [0.29, 0.717) is 5.76 Å². The van der Waals surface area contributed by atoms with Crippen molar-refractivity contribution in [1.29, 1.82) is 0 Å². The van der Waals surface area contributed by atoms with E-state index < -0.39 is 5.91 Å². The third-order valence-corrected chi connectivity index (χ3v) is 3.56. The van der Waals surface area contributed by atoms with Crippen LogP contribution in [0.4, 0.5) is 0 Å². The van der Waals surface area contributed by atoms with Crippen molar-refractivity contribution in [2.75, 3.05) is 6.54 Å². The molecule has 122 valence electrons. The Hall–Kier alpha value is -3.28. The lowest BCUT2D eigenvalue weighted by Crippen LogP contribution is -2.36. The largest absolute Gasteiger partial charge is 0.507 e. The van der Waals surface area contributed by atoms with Gasteiger partial charge in [-0.1, -0.05) is 24.3 Å². The minimum Gasteiger partial charge on any atom is -0.507 e. The van der Waals surface area contributed by atoms with Gasteiger partial charge in [-0.2, -0.15) is 0 Å². The Morgan fingerprint density at radius 1 is 1.00 bits per heavy atom. The molecule has 6 nitrogen and oxygen atoms in total. The summed E-state index contributed by atoms with van der Waals surface area (Å²) >= 11 is 0. The van der Waals surface area contributed by atoms with Gasteiger partial charge in [0.25, 0.3) is 5.91 Å². The van der Waals surface area contributed by atoms with Gasteiger partial charge in [-0.05, 0) is 35.0 Å². The van der Waals surface area contributed by atoms with Crippen molar-refractivity contribution in [3.8, 4) is 5.75 Å². The van der Waals surface area contributed by atoms with Crippen molar-refractivity contribution in [1.82, 2.24) is 10.6 Å². The fraction of sp³-hybridized carbons (Fsp3) is 0.111. The van der Waals surface area contributed by atoms with Crippen LogP contribution < -0.4 is 10.6 Å². The van der Waals surface area contributed by atoms with Gasteiger partial charge < -0.3 is 20.2 Å². The maximum atomic E-state index is 12.2. The van der Waals surface area contributed by atoms with Crippen LogP contribution in [0.1, 0.15) is 16.1 Å². The second-order valence-electron chi connectivity index (χ2n) is 5.26. The summed E-state index contributed by atoms with van der Waals surface area (Å²) in [6, 6.07) is 14.0. The zero-order chi connectivity index (χ0) is 16.9. The second-order valence-corrected chi connectivity index (χ2v) is 5.26. The maximum absolute atomic E-state index is 12.2. The van der Waals surface area contributed by atoms with Crippen LogP contribution >= 0.6 is 0 Å². The van der Waals surface area contributed by atoms with Gasteiger partial charge in [-0.15, -0.1) is 0 Å². The van der Waals surface area contributed by atoms with Gasteiger partial charge in [-0.3, -0.25) is 9.59 Å². The van der Waals surface area contributed by atoms with E-state index in [1.165, 1.54) is 12.3 Å². The van der Waals surface area contributed by atoms with Crippen LogP contribution in [0.15, 0.2) is 59.2 Å². The van der Waals surface area contributed by atoms with Crippen molar-refractivity contribution in [2.45, 2.75) is 6.54 Å². The fourth-order valence-electron chi connectivity index (χ4n) is 2.33. The van der Waals surface area contributed by atoms with E-state index in [0.717, 1.165) is 10.8 Å². The molecule has 24 heavy (non-hydrogen) atoms. The first-order chi connectivity index (χ1) is 11.6. The van der Waals surface area contributed by atoms with Crippen molar-refractivity contribution < 1.29 is 19.1 Å². The van der Waals surface area contributed by atoms with E-state index in [4.69, 9.17) is 4.42 Å². The van der Waals surface area contributed by atoms with E-state index >= 15 is 0 Å². The SMILES string of the molecule is O=C(CNC(=O)c1cc2ccccc2cc1O)NCc1ccco1. The number of carbonyl (C=O) groups excluding carboxylic acids is 2. The number of phenolic OH excluding ortho intramolecular Hbond substituents is 1. The lowest BCUT2D eigenvalue weighted by Gasteiger charge is -2.08. The van der Waals surface area contributed by atoms with E-state index in [1.54, 1.807) is 18.2 Å². The van der Waals surface area contributed by atoms with Crippen LogP contribution in [-0.2, 0) is 11.3 Å². The third-order valence-electron chi connectivity index (χ3n) is 3.56. The average molecular weight is 324 g/mol. The molecule has 1 aromatic heterocycles. The normalized spacial score (nSPS) is 10.5. The van der Waals surface area contributed by atoms with Gasteiger partial charge >= 0.3 is 0 Å². The molecule has 0 atom stereocenters. The summed E-state index contributed by atoms with van der Waals surface area (Å²) in [4.78, 5) is 23.9. The molecule has 0 saturated carbocycles. The smallest absolute Gasteiger partial charge is 0.255 e. The maximum Gasteiger partial charge on any atom is 0.255 e. The number of benzene rings is 2. The third kappa shape index (κ3) is 3.55. The van der Waals surface area contributed by atoms with Crippen molar-refractivity contribution in [3.63, 3.8) is 0 Å². The number of carbonyl (C=O) groups is 2. The minimum atomic E-state index is -0.508. The Morgan fingerprint density at radius 2 is 1.75 bits per heavy atom. The predicted molar refractivity (Wildman–Crippen MR) is 88.5 cm³/mol. The zero-order valence-corrected chi connectivity index (χ0v) is 12.8. The number of fused-ring (bicyclic) bond motifs is 1. The summed E-state index contributed by atoms with van der Waals surface area (Å²) in [7, 11) is 0. The highest BCUT2D eigenvalue weighted by Gasteiger charge is 2.13. The molecule has 3 N–H and O–H groups in total. The van der Waals surface area contributed by atoms with Crippen molar-refractivity contribution in [3.05, 3.63) is 66.1 Å². The molecule has 0 aliphatic carbocycles. The predicted octanol–water partition coefficient (Wildman–Crippen LogP) is 2.18. The number of rotatable bonds is 5. The molecule has 0 spiro atoms. The van der Waals surface area contributed by atoms with Gasteiger partial charge in [0.2, 0.25) is 5.91 Å². The molecular formula is C18H16N2O4. The van der Waals surface area contributed by atoms with E-state index in [-0.39, 0.29) is 30.3 Å². The molecule has 2 aromatic carbocycles. The Bertz CT molecular complexity index is 872. The van der Waals surface area contributed by atoms with Crippen LogP contribution in [0.2, 0.25) is 0 Å². The number of hydrogen-bond donors (Lipinski definition) is 3. The van der Waals surface area contributed by atoms with Crippen LogP contribution in [-0.4, -0.2) is 23.5 Å². The van der Waals surface area contributed by atoms with Gasteiger partial charge in [0.15, 0.2) is 0 Å². The van der Waals surface area contributed by atoms with Crippen LogP contribution in [0, 0.1) is 0 Å². The minimum absolute atomic E-state index is 0.123. The number of phenols is 1. The summed E-state index contributed by atoms with van der Waals surface area (Å²) < 4.78 is 5.10. The summed E-state index contributed by atoms with van der Waals surface area (Å²) in [6.45, 7) is 0.0642. The Kier molecular flexibility index (Phi) is 4.47. The van der Waals surface area contributed by atoms with Gasteiger partial charge in [0, 0.05) is 0 Å². The summed E-state index contributed by atoms with van der Waals surface area (Å²) in [6.07, 6.45) is 1.52. The van der Waals surface area contributed by atoms with Crippen molar-refractivity contribution in [2.24, 2.45) is 0 Å². The second kappa shape index (κ2) is 6.87. The van der Waals surface area contributed by atoms with Crippen LogP contribution in [0.3, 0.4) is 0 Å². The van der Waals surface area contributed by atoms with Gasteiger partial charge in [0.05, 0.1) is 24.9 Å². The van der Waals surface area contributed by atoms with Crippen molar-refractivity contribution >= 4 is 22.6 Å². The molecule has 0 saturated heterocycles. The highest BCUT2D eigenvalue weighted by molar-refractivity contribution is 6.02. The topological polar surface area (TPSA) is 91.6 Å². The fourth-order valence-corrected chi connectivity index (χ4v) is 2.33. The van der Waals surface area contributed by atoms with Crippen LogP contribution in [0.25, 0.3) is 10.8 Å². The molecule has 0 unspecified atom stereocenters.